The molecule has 132 valence electrons. The van der Waals surface area contributed by atoms with Crippen molar-refractivity contribution in [2.75, 3.05) is 20.2 Å². The van der Waals surface area contributed by atoms with E-state index in [9.17, 15) is 4.79 Å². The van der Waals surface area contributed by atoms with Crippen molar-refractivity contribution in [3.63, 3.8) is 0 Å². The zero-order valence-electron chi connectivity index (χ0n) is 14.9. The minimum atomic E-state index is 0.108. The number of carbonyl (C=O) groups is 1. The molecule has 0 spiro atoms. The van der Waals surface area contributed by atoms with Crippen LogP contribution in [-0.4, -0.2) is 40.6 Å². The Bertz CT molecular complexity index is 770. The molecule has 1 aromatic heterocycles. The number of aromatic nitrogens is 2. The zero-order chi connectivity index (χ0) is 17.4. The van der Waals surface area contributed by atoms with Gasteiger partial charge < -0.3 is 14.2 Å². The molecule has 0 bridgehead atoms. The summed E-state index contributed by atoms with van der Waals surface area (Å²) in [5.74, 6) is 3.05. The lowest BCUT2D eigenvalue weighted by Gasteiger charge is -2.32. The number of benzene rings is 1. The number of nitrogens with zero attached hydrogens (tertiary/aromatic N) is 3. The number of ether oxygens (including phenoxy) is 1. The molecule has 2 heterocycles. The molecule has 5 nitrogen and oxygen atoms in total. The Morgan fingerprint density at radius 3 is 2.92 bits per heavy atom. The Labute approximate surface area is 148 Å². The van der Waals surface area contributed by atoms with E-state index in [4.69, 9.17) is 4.74 Å². The molecule has 1 aliphatic carbocycles. The summed E-state index contributed by atoms with van der Waals surface area (Å²) in [6.45, 7) is 1.66. The maximum Gasteiger partial charge on any atom is 0.226 e. The van der Waals surface area contributed by atoms with E-state index in [1.54, 1.807) is 7.11 Å². The number of carbonyl (C=O) groups excluding carboxylic acids is 1. The summed E-state index contributed by atoms with van der Waals surface area (Å²) < 4.78 is 7.54. The van der Waals surface area contributed by atoms with Gasteiger partial charge in [0, 0.05) is 44.4 Å². The largest absolute Gasteiger partial charge is 0.496 e. The topological polar surface area (TPSA) is 47.4 Å². The molecule has 2 aliphatic rings. The second-order valence-electron chi connectivity index (χ2n) is 7.21. The molecule has 1 aliphatic heterocycles. The lowest BCUT2D eigenvalue weighted by Crippen LogP contribution is -2.40. The molecule has 1 saturated carbocycles. The summed E-state index contributed by atoms with van der Waals surface area (Å²) in [5.41, 5.74) is 1.17. The first-order valence-corrected chi connectivity index (χ1v) is 9.08. The minimum absolute atomic E-state index is 0.108. The molecule has 0 N–H and O–H groups in total. The molecule has 1 saturated heterocycles. The Balaban J connectivity index is 1.44. The van der Waals surface area contributed by atoms with Gasteiger partial charge in [-0.3, -0.25) is 4.79 Å². The monoisotopic (exact) mass is 339 g/mol. The predicted molar refractivity (Wildman–Crippen MR) is 95.6 cm³/mol. The molecule has 1 aromatic carbocycles. The van der Waals surface area contributed by atoms with Gasteiger partial charge in [0.2, 0.25) is 5.91 Å². The van der Waals surface area contributed by atoms with Crippen LogP contribution in [0.4, 0.5) is 0 Å². The van der Waals surface area contributed by atoms with Gasteiger partial charge in [0.05, 0.1) is 7.11 Å². The lowest BCUT2D eigenvalue weighted by atomic mass is 9.96. The lowest BCUT2D eigenvalue weighted by molar-refractivity contribution is -0.133. The molecule has 2 fully saturated rings. The number of aryl methyl sites for hydroxylation is 1. The fourth-order valence-corrected chi connectivity index (χ4v) is 4.18. The normalized spacial score (nSPS) is 25.7. The van der Waals surface area contributed by atoms with Crippen molar-refractivity contribution in [3.05, 3.63) is 48.0 Å². The zero-order valence-corrected chi connectivity index (χ0v) is 14.9. The van der Waals surface area contributed by atoms with Crippen LogP contribution in [-0.2, 0) is 11.8 Å². The van der Waals surface area contributed by atoms with Crippen LogP contribution in [0.5, 0.6) is 5.75 Å². The number of methoxy groups -OCH3 is 1. The third kappa shape index (κ3) is 3.03. The summed E-state index contributed by atoms with van der Waals surface area (Å²) in [4.78, 5) is 19.5. The molecule has 2 aromatic rings. The van der Waals surface area contributed by atoms with Gasteiger partial charge in [-0.2, -0.15) is 0 Å². The Morgan fingerprint density at radius 2 is 2.16 bits per heavy atom. The number of para-hydroxylation sites is 1. The van der Waals surface area contributed by atoms with Gasteiger partial charge >= 0.3 is 0 Å². The molecule has 1 amide bonds. The molecule has 5 heteroatoms. The SMILES string of the molecule is COc1ccccc1[C@@H]1C[C@H]1C(=O)N1CCC[C@@H](c2nccn2C)C1. The van der Waals surface area contributed by atoms with E-state index in [-0.39, 0.29) is 5.92 Å². The van der Waals surface area contributed by atoms with Gasteiger partial charge in [-0.1, -0.05) is 18.2 Å². The van der Waals surface area contributed by atoms with E-state index in [0.717, 1.165) is 43.9 Å². The third-order valence-corrected chi connectivity index (χ3v) is 5.60. The smallest absolute Gasteiger partial charge is 0.226 e. The first-order chi connectivity index (χ1) is 12.2. The van der Waals surface area contributed by atoms with E-state index in [0.29, 0.717) is 17.7 Å². The average Bonchev–Trinajstić information content (AvgIpc) is 3.34. The summed E-state index contributed by atoms with van der Waals surface area (Å²) in [6.07, 6.45) is 6.91. The fourth-order valence-electron chi connectivity index (χ4n) is 4.18. The molecule has 0 radical (unpaired) electrons. The highest BCUT2D eigenvalue weighted by Crippen LogP contribution is 2.51. The van der Waals surface area contributed by atoms with Crippen LogP contribution in [0.25, 0.3) is 0 Å². The van der Waals surface area contributed by atoms with Crippen LogP contribution in [0, 0.1) is 5.92 Å². The number of hydrogen-bond acceptors (Lipinski definition) is 3. The summed E-state index contributed by atoms with van der Waals surface area (Å²) in [6, 6.07) is 8.07. The van der Waals surface area contributed by atoms with Crippen molar-refractivity contribution in [2.24, 2.45) is 13.0 Å². The van der Waals surface area contributed by atoms with Crippen molar-refractivity contribution >= 4 is 5.91 Å². The fraction of sp³-hybridized carbons (Fsp3) is 0.500. The van der Waals surface area contributed by atoms with Crippen LogP contribution in [0.15, 0.2) is 36.7 Å². The average molecular weight is 339 g/mol. The molecular formula is C20H25N3O2. The van der Waals surface area contributed by atoms with E-state index in [2.05, 4.69) is 20.5 Å². The maximum absolute atomic E-state index is 13.0. The van der Waals surface area contributed by atoms with Crippen LogP contribution >= 0.6 is 0 Å². The molecule has 25 heavy (non-hydrogen) atoms. The highest BCUT2D eigenvalue weighted by Gasteiger charge is 2.47. The van der Waals surface area contributed by atoms with E-state index >= 15 is 0 Å². The van der Waals surface area contributed by atoms with Gasteiger partial charge in [0.25, 0.3) is 0 Å². The summed E-state index contributed by atoms with van der Waals surface area (Å²) in [7, 11) is 3.72. The van der Waals surface area contributed by atoms with Crippen LogP contribution < -0.4 is 4.74 Å². The Kier molecular flexibility index (Phi) is 4.24. The van der Waals surface area contributed by atoms with Gasteiger partial charge in [-0.05, 0) is 36.8 Å². The number of rotatable bonds is 4. The quantitative estimate of drug-likeness (QED) is 0.860. The Morgan fingerprint density at radius 1 is 1.32 bits per heavy atom. The highest BCUT2D eigenvalue weighted by atomic mass is 16.5. The van der Waals surface area contributed by atoms with Gasteiger partial charge in [0.1, 0.15) is 11.6 Å². The second-order valence-corrected chi connectivity index (χ2v) is 7.21. The van der Waals surface area contributed by atoms with Gasteiger partial charge in [-0.25, -0.2) is 4.98 Å². The van der Waals surface area contributed by atoms with E-state index < -0.39 is 0 Å². The number of hydrogen-bond donors (Lipinski definition) is 0. The first kappa shape index (κ1) is 16.2. The molecular weight excluding hydrogens is 314 g/mol. The highest BCUT2D eigenvalue weighted by molar-refractivity contribution is 5.83. The number of piperidine rings is 1. The number of likely N-dealkylation sites (tertiary alicyclic amines) is 1. The maximum atomic E-state index is 13.0. The molecule has 3 atom stereocenters. The van der Waals surface area contributed by atoms with Gasteiger partial charge in [0.15, 0.2) is 0 Å². The van der Waals surface area contributed by atoms with E-state index in [1.807, 2.05) is 37.6 Å². The number of amides is 1. The molecule has 0 unspecified atom stereocenters. The van der Waals surface area contributed by atoms with Crippen molar-refractivity contribution in [1.29, 1.82) is 0 Å². The Hall–Kier alpha value is -2.30. The van der Waals surface area contributed by atoms with Crippen molar-refractivity contribution in [2.45, 2.75) is 31.1 Å². The summed E-state index contributed by atoms with van der Waals surface area (Å²) in [5, 5.41) is 0. The van der Waals surface area contributed by atoms with Crippen molar-refractivity contribution < 1.29 is 9.53 Å². The van der Waals surface area contributed by atoms with Crippen LogP contribution in [0.3, 0.4) is 0 Å². The standard InChI is InChI=1S/C20H25N3O2/c1-22-11-9-21-19(22)14-6-5-10-23(13-14)20(24)17-12-16(17)15-7-3-4-8-18(15)25-2/h3-4,7-9,11,14,16-17H,5-6,10,12-13H2,1-2H3/t14-,16+,17-/m1/s1. The second kappa shape index (κ2) is 6.54. The van der Waals surface area contributed by atoms with E-state index in [1.165, 1.54) is 5.56 Å². The van der Waals surface area contributed by atoms with Crippen LogP contribution in [0.1, 0.15) is 42.5 Å². The molecule has 4 rings (SSSR count). The predicted octanol–water partition coefficient (Wildman–Crippen LogP) is 2.94. The number of imidazole rings is 1. The summed E-state index contributed by atoms with van der Waals surface area (Å²) >= 11 is 0. The first-order valence-electron chi connectivity index (χ1n) is 9.08. The van der Waals surface area contributed by atoms with Crippen molar-refractivity contribution in [1.82, 2.24) is 14.5 Å². The van der Waals surface area contributed by atoms with Crippen LogP contribution in [0.2, 0.25) is 0 Å². The minimum Gasteiger partial charge on any atom is -0.496 e. The van der Waals surface area contributed by atoms with Gasteiger partial charge in [-0.15, -0.1) is 0 Å². The van der Waals surface area contributed by atoms with Crippen molar-refractivity contribution in [3.8, 4) is 5.75 Å². The third-order valence-electron chi connectivity index (χ3n) is 5.60.